The van der Waals surface area contributed by atoms with Crippen LogP contribution in [0.5, 0.6) is 5.75 Å². The number of anilines is 3. The minimum Gasteiger partial charge on any atom is -0.494 e. The molecule has 2 fully saturated rings. The molecule has 2 aromatic carbocycles. The van der Waals surface area contributed by atoms with Crippen LogP contribution in [0.15, 0.2) is 48.7 Å². The van der Waals surface area contributed by atoms with Crippen molar-refractivity contribution in [2.45, 2.75) is 12.5 Å². The monoisotopic (exact) mass is 543 g/mol. The van der Waals surface area contributed by atoms with Gasteiger partial charge in [-0.15, -0.1) is 0 Å². The summed E-state index contributed by atoms with van der Waals surface area (Å²) in [5.41, 5.74) is 3.52. The summed E-state index contributed by atoms with van der Waals surface area (Å²) in [7, 11) is 5.65. The third-order valence-corrected chi connectivity index (χ3v) is 7.97. The lowest BCUT2D eigenvalue weighted by Gasteiger charge is -2.36. The van der Waals surface area contributed by atoms with Crippen LogP contribution in [0.3, 0.4) is 0 Å². The summed E-state index contributed by atoms with van der Waals surface area (Å²) in [5.74, 6) is 1.48. The molecule has 0 spiro atoms. The number of ether oxygens (including phenoxy) is 1. The Hall–Kier alpha value is -4.29. The second kappa shape index (κ2) is 10.7. The molecule has 0 aliphatic carbocycles. The number of aromatic nitrogens is 4. The van der Waals surface area contributed by atoms with Gasteiger partial charge in [-0.05, 0) is 31.7 Å². The topological polar surface area (TPSA) is 118 Å². The molecular formula is C28H33N9O3. The summed E-state index contributed by atoms with van der Waals surface area (Å²) in [4.78, 5) is 32.6. The van der Waals surface area contributed by atoms with Crippen LogP contribution in [0.2, 0.25) is 0 Å². The Morgan fingerprint density at radius 1 is 1.05 bits per heavy atom. The lowest BCUT2D eigenvalue weighted by molar-refractivity contribution is -0.384. The first kappa shape index (κ1) is 26.0. The number of nitro benzene ring substituents is 1. The van der Waals surface area contributed by atoms with Gasteiger partial charge in [0.15, 0.2) is 5.82 Å². The molecule has 12 heteroatoms. The number of methoxy groups -OCH3 is 1. The molecule has 4 aromatic rings. The number of benzene rings is 2. The van der Waals surface area contributed by atoms with E-state index in [-0.39, 0.29) is 10.6 Å². The average molecular weight is 544 g/mol. The Morgan fingerprint density at radius 3 is 2.60 bits per heavy atom. The molecule has 0 saturated carbocycles. The third kappa shape index (κ3) is 4.91. The van der Waals surface area contributed by atoms with Gasteiger partial charge in [-0.2, -0.15) is 0 Å². The number of hydrogen-bond acceptors (Lipinski definition) is 10. The Balaban J connectivity index is 1.27. The van der Waals surface area contributed by atoms with Crippen LogP contribution in [-0.2, 0) is 7.05 Å². The lowest BCUT2D eigenvalue weighted by atomic mass is 10.2. The zero-order chi connectivity index (χ0) is 27.8. The molecular weight excluding hydrogens is 510 g/mol. The van der Waals surface area contributed by atoms with Gasteiger partial charge in [-0.1, -0.05) is 12.1 Å². The molecule has 2 aliphatic heterocycles. The van der Waals surface area contributed by atoms with Crippen LogP contribution in [0.25, 0.3) is 22.6 Å². The van der Waals surface area contributed by atoms with E-state index < -0.39 is 0 Å². The smallest absolute Gasteiger partial charge is 0.294 e. The first-order valence-electron chi connectivity index (χ1n) is 13.5. The Morgan fingerprint density at radius 2 is 1.85 bits per heavy atom. The highest BCUT2D eigenvalue weighted by molar-refractivity contribution is 5.80. The predicted octanol–water partition coefficient (Wildman–Crippen LogP) is 3.52. The summed E-state index contributed by atoms with van der Waals surface area (Å²) < 4.78 is 7.66. The van der Waals surface area contributed by atoms with Crippen molar-refractivity contribution in [3.63, 3.8) is 0 Å². The quantitative estimate of drug-likeness (QED) is 0.274. The number of nitro groups is 1. The van der Waals surface area contributed by atoms with E-state index in [4.69, 9.17) is 9.72 Å². The van der Waals surface area contributed by atoms with Gasteiger partial charge in [0.2, 0.25) is 5.95 Å². The number of nitrogens with one attached hydrogen (secondary N) is 1. The van der Waals surface area contributed by atoms with Gasteiger partial charge in [-0.3, -0.25) is 15.0 Å². The molecule has 4 heterocycles. The molecule has 0 radical (unpaired) electrons. The van der Waals surface area contributed by atoms with E-state index in [1.165, 1.54) is 6.07 Å². The molecule has 0 amide bonds. The number of fused-ring (bicyclic) bond motifs is 1. The maximum Gasteiger partial charge on any atom is 0.294 e. The predicted molar refractivity (Wildman–Crippen MR) is 154 cm³/mol. The zero-order valence-electron chi connectivity index (χ0n) is 22.9. The lowest BCUT2D eigenvalue weighted by Crippen LogP contribution is -2.49. The van der Waals surface area contributed by atoms with Crippen molar-refractivity contribution in [3.05, 3.63) is 58.8 Å². The van der Waals surface area contributed by atoms with Crippen LogP contribution in [0, 0.1) is 10.1 Å². The Labute approximate surface area is 232 Å². The van der Waals surface area contributed by atoms with Crippen LogP contribution >= 0.6 is 0 Å². The number of rotatable bonds is 7. The molecule has 0 bridgehead atoms. The minimum absolute atomic E-state index is 0.0221. The molecule has 2 saturated heterocycles. The number of likely N-dealkylation sites (N-methyl/N-ethyl adjacent to an activating group) is 1. The van der Waals surface area contributed by atoms with Gasteiger partial charge in [0.25, 0.3) is 5.69 Å². The molecule has 2 aromatic heterocycles. The number of hydrogen-bond donors (Lipinski definition) is 1. The van der Waals surface area contributed by atoms with E-state index >= 15 is 0 Å². The molecule has 6 rings (SSSR count). The van der Waals surface area contributed by atoms with Crippen LogP contribution in [0.4, 0.5) is 23.0 Å². The molecule has 1 N–H and O–H groups in total. The summed E-state index contributed by atoms with van der Waals surface area (Å²) in [6.07, 6.45) is 2.62. The van der Waals surface area contributed by atoms with E-state index in [1.807, 2.05) is 35.9 Å². The minimum atomic E-state index is -0.333. The third-order valence-electron chi connectivity index (χ3n) is 7.97. The van der Waals surface area contributed by atoms with Crippen molar-refractivity contribution in [2.24, 2.45) is 7.05 Å². The molecule has 2 aliphatic rings. The van der Waals surface area contributed by atoms with Crippen LogP contribution in [-0.4, -0.2) is 93.7 Å². The molecule has 12 nitrogen and oxygen atoms in total. The van der Waals surface area contributed by atoms with E-state index in [1.54, 1.807) is 25.4 Å². The van der Waals surface area contributed by atoms with E-state index in [0.717, 1.165) is 56.7 Å². The molecule has 40 heavy (non-hydrogen) atoms. The van der Waals surface area contributed by atoms with Crippen molar-refractivity contribution in [1.29, 1.82) is 0 Å². The van der Waals surface area contributed by atoms with E-state index in [2.05, 4.69) is 37.0 Å². The highest BCUT2D eigenvalue weighted by atomic mass is 16.6. The van der Waals surface area contributed by atoms with Crippen molar-refractivity contribution >= 4 is 34.0 Å². The number of piperazine rings is 1. The first-order chi connectivity index (χ1) is 19.4. The summed E-state index contributed by atoms with van der Waals surface area (Å²) in [6.45, 7) is 5.66. The second-order valence-corrected chi connectivity index (χ2v) is 10.4. The molecule has 1 unspecified atom stereocenters. The SMILES string of the molecule is COc1cc(N2CCC(N3CCN(C)CC3)C2)c([N+](=O)[O-])cc1Nc1nccc(-c2nc3ccccc3n2C)n1. The fourth-order valence-corrected chi connectivity index (χ4v) is 5.71. The van der Waals surface area contributed by atoms with Crippen LogP contribution in [0.1, 0.15) is 6.42 Å². The van der Waals surface area contributed by atoms with Crippen molar-refractivity contribution in [2.75, 3.05) is 63.6 Å². The fourth-order valence-electron chi connectivity index (χ4n) is 5.71. The molecule has 1 atom stereocenters. The van der Waals surface area contributed by atoms with Crippen molar-refractivity contribution < 1.29 is 9.66 Å². The van der Waals surface area contributed by atoms with Gasteiger partial charge >= 0.3 is 0 Å². The average Bonchev–Trinajstić information content (AvgIpc) is 3.59. The highest BCUT2D eigenvalue weighted by Crippen LogP contribution is 2.41. The number of imidazole rings is 1. The van der Waals surface area contributed by atoms with E-state index in [9.17, 15) is 10.1 Å². The van der Waals surface area contributed by atoms with Gasteiger partial charge in [0, 0.05) is 70.7 Å². The maximum absolute atomic E-state index is 12.2. The summed E-state index contributed by atoms with van der Waals surface area (Å²) in [6, 6.07) is 13.3. The number of para-hydroxylation sites is 2. The van der Waals surface area contributed by atoms with Gasteiger partial charge in [0.1, 0.15) is 17.1 Å². The van der Waals surface area contributed by atoms with Crippen LogP contribution < -0.4 is 15.0 Å². The maximum atomic E-state index is 12.2. The zero-order valence-corrected chi connectivity index (χ0v) is 22.9. The van der Waals surface area contributed by atoms with Gasteiger partial charge in [-0.25, -0.2) is 15.0 Å². The largest absolute Gasteiger partial charge is 0.494 e. The van der Waals surface area contributed by atoms with Crippen molar-refractivity contribution in [3.8, 4) is 17.3 Å². The summed E-state index contributed by atoms with van der Waals surface area (Å²) in [5, 5.41) is 15.4. The fraction of sp³-hybridized carbons (Fsp3) is 0.393. The Kier molecular flexibility index (Phi) is 6.95. The number of aryl methyl sites for hydroxylation is 1. The first-order valence-corrected chi connectivity index (χ1v) is 13.5. The number of nitrogens with zero attached hydrogens (tertiary/aromatic N) is 8. The highest BCUT2D eigenvalue weighted by Gasteiger charge is 2.33. The molecule has 208 valence electrons. The second-order valence-electron chi connectivity index (χ2n) is 10.4. The van der Waals surface area contributed by atoms with Crippen molar-refractivity contribution in [1.82, 2.24) is 29.3 Å². The van der Waals surface area contributed by atoms with E-state index in [0.29, 0.717) is 40.6 Å². The normalized spacial score (nSPS) is 18.4. The summed E-state index contributed by atoms with van der Waals surface area (Å²) >= 11 is 0. The van der Waals surface area contributed by atoms with Gasteiger partial charge in [0.05, 0.1) is 28.8 Å². The standard InChI is InChI=1S/C28H33N9O3/c1-33-12-14-35(15-13-33)19-9-11-36(18-19)24-17-26(40-3)22(16-25(24)37(38)39)32-28-29-10-8-21(31-28)27-30-20-6-4-5-7-23(20)34(27)2/h4-8,10,16-17,19H,9,11-15,18H2,1-3H3,(H,29,31,32). The van der Waals surface area contributed by atoms with Gasteiger partial charge < -0.3 is 24.4 Å². The Bertz CT molecular complexity index is 1550.